The number of halogens is 3. The fraction of sp³-hybridized carbons (Fsp3) is 0.278. The van der Waals surface area contributed by atoms with Gasteiger partial charge in [0.05, 0.1) is 0 Å². The first kappa shape index (κ1) is 19.1. The molecular weight excluding hydrogens is 441 g/mol. The number of nitrogens with zero attached hydrogens (tertiary/aromatic N) is 1. The van der Waals surface area contributed by atoms with Crippen LogP contribution in [0.2, 0.25) is 0 Å². The smallest absolute Gasteiger partial charge is 0.253 e. The van der Waals surface area contributed by atoms with Gasteiger partial charge in [0, 0.05) is 40.6 Å². The van der Waals surface area contributed by atoms with Gasteiger partial charge in [0.1, 0.15) is 5.82 Å². The van der Waals surface area contributed by atoms with Gasteiger partial charge < -0.3 is 10.0 Å². The van der Waals surface area contributed by atoms with Crippen LogP contribution in [-0.2, 0) is 0 Å². The summed E-state index contributed by atoms with van der Waals surface area (Å²) in [6.45, 7) is 0.446. The molecule has 0 aliphatic rings. The van der Waals surface area contributed by atoms with Gasteiger partial charge in [0.15, 0.2) is 0 Å². The SMILES string of the molecule is CN(C[C@@H](CCO)c1ccc(F)cc1)C(=O)c1cc(Br)cc(Br)c1. The number of hydrogen-bond donors (Lipinski definition) is 1. The van der Waals surface area contributed by atoms with E-state index < -0.39 is 0 Å². The van der Waals surface area contributed by atoms with E-state index in [1.165, 1.54) is 12.1 Å². The molecule has 2 aromatic rings. The molecule has 3 nitrogen and oxygen atoms in total. The maximum absolute atomic E-state index is 13.1. The molecule has 1 amide bonds. The third kappa shape index (κ3) is 5.13. The highest BCUT2D eigenvalue weighted by Gasteiger charge is 2.19. The molecular formula is C18H18Br2FNO2. The van der Waals surface area contributed by atoms with E-state index in [2.05, 4.69) is 31.9 Å². The van der Waals surface area contributed by atoms with E-state index in [0.29, 0.717) is 18.5 Å². The number of aliphatic hydroxyl groups excluding tert-OH is 1. The Morgan fingerprint density at radius 1 is 1.17 bits per heavy atom. The fourth-order valence-corrected chi connectivity index (χ4v) is 3.86. The molecule has 0 aromatic heterocycles. The van der Waals surface area contributed by atoms with Gasteiger partial charge in [-0.15, -0.1) is 0 Å². The summed E-state index contributed by atoms with van der Waals surface area (Å²) in [6.07, 6.45) is 0.505. The average Bonchev–Trinajstić information content (AvgIpc) is 2.53. The zero-order valence-electron chi connectivity index (χ0n) is 13.2. The van der Waals surface area contributed by atoms with Gasteiger partial charge in [0.2, 0.25) is 0 Å². The quantitative estimate of drug-likeness (QED) is 0.687. The first-order valence-corrected chi connectivity index (χ1v) is 9.07. The Hall–Kier alpha value is -1.24. The highest BCUT2D eigenvalue weighted by atomic mass is 79.9. The Labute approximate surface area is 157 Å². The minimum Gasteiger partial charge on any atom is -0.396 e. The molecule has 1 N–H and O–H groups in total. The monoisotopic (exact) mass is 457 g/mol. The van der Waals surface area contributed by atoms with E-state index >= 15 is 0 Å². The van der Waals surface area contributed by atoms with Crippen LogP contribution in [0.5, 0.6) is 0 Å². The van der Waals surface area contributed by atoms with E-state index in [9.17, 15) is 14.3 Å². The van der Waals surface area contributed by atoms with Crippen LogP contribution in [-0.4, -0.2) is 36.1 Å². The zero-order chi connectivity index (χ0) is 17.7. The van der Waals surface area contributed by atoms with Crippen molar-refractivity contribution in [2.45, 2.75) is 12.3 Å². The molecule has 0 heterocycles. The lowest BCUT2D eigenvalue weighted by Crippen LogP contribution is -2.31. The highest BCUT2D eigenvalue weighted by molar-refractivity contribution is 9.11. The number of aliphatic hydroxyl groups is 1. The number of amides is 1. The maximum Gasteiger partial charge on any atom is 0.253 e. The third-order valence-electron chi connectivity index (χ3n) is 3.77. The lowest BCUT2D eigenvalue weighted by atomic mass is 9.95. The number of rotatable bonds is 6. The molecule has 0 saturated carbocycles. The summed E-state index contributed by atoms with van der Waals surface area (Å²) >= 11 is 6.76. The van der Waals surface area contributed by atoms with E-state index in [-0.39, 0.29) is 24.2 Å². The van der Waals surface area contributed by atoms with Crippen molar-refractivity contribution in [1.82, 2.24) is 4.90 Å². The Bertz CT molecular complexity index is 686. The van der Waals surface area contributed by atoms with Crippen LogP contribution < -0.4 is 0 Å². The van der Waals surface area contributed by atoms with Gasteiger partial charge in [-0.25, -0.2) is 4.39 Å². The molecule has 0 bridgehead atoms. The predicted octanol–water partition coefficient (Wildman–Crippen LogP) is 4.59. The lowest BCUT2D eigenvalue weighted by molar-refractivity contribution is 0.0781. The molecule has 128 valence electrons. The van der Waals surface area contributed by atoms with E-state index in [4.69, 9.17) is 0 Å². The first-order valence-electron chi connectivity index (χ1n) is 7.48. The summed E-state index contributed by atoms with van der Waals surface area (Å²) in [4.78, 5) is 14.3. The summed E-state index contributed by atoms with van der Waals surface area (Å²) in [5.41, 5.74) is 1.47. The molecule has 0 fully saturated rings. The van der Waals surface area contributed by atoms with Crippen molar-refractivity contribution in [2.24, 2.45) is 0 Å². The van der Waals surface area contributed by atoms with Crippen molar-refractivity contribution < 1.29 is 14.3 Å². The topological polar surface area (TPSA) is 40.5 Å². The number of hydrogen-bond acceptors (Lipinski definition) is 2. The number of carbonyl (C=O) groups is 1. The minimum atomic E-state index is -0.301. The van der Waals surface area contributed by atoms with E-state index in [1.54, 1.807) is 36.2 Å². The van der Waals surface area contributed by atoms with Crippen molar-refractivity contribution in [1.29, 1.82) is 0 Å². The second-order valence-corrected chi connectivity index (χ2v) is 7.44. The van der Waals surface area contributed by atoms with Crippen molar-refractivity contribution in [2.75, 3.05) is 20.2 Å². The number of carbonyl (C=O) groups excluding carboxylic acids is 1. The zero-order valence-corrected chi connectivity index (χ0v) is 16.3. The van der Waals surface area contributed by atoms with Gasteiger partial charge in [-0.1, -0.05) is 44.0 Å². The molecule has 0 spiro atoms. The predicted molar refractivity (Wildman–Crippen MR) is 99.6 cm³/mol. The largest absolute Gasteiger partial charge is 0.396 e. The Kier molecular flexibility index (Phi) is 6.95. The van der Waals surface area contributed by atoms with Gasteiger partial charge >= 0.3 is 0 Å². The molecule has 2 rings (SSSR count). The van der Waals surface area contributed by atoms with Crippen LogP contribution in [0.15, 0.2) is 51.4 Å². The average molecular weight is 459 g/mol. The molecule has 0 aliphatic carbocycles. The van der Waals surface area contributed by atoms with Crippen molar-refractivity contribution in [3.05, 3.63) is 68.4 Å². The molecule has 24 heavy (non-hydrogen) atoms. The highest BCUT2D eigenvalue weighted by Crippen LogP contribution is 2.24. The van der Waals surface area contributed by atoms with Crippen LogP contribution in [0, 0.1) is 5.82 Å². The molecule has 0 saturated heterocycles. The van der Waals surface area contributed by atoms with Crippen LogP contribution in [0.1, 0.15) is 28.3 Å². The van der Waals surface area contributed by atoms with Crippen LogP contribution >= 0.6 is 31.9 Å². The Morgan fingerprint density at radius 3 is 2.29 bits per heavy atom. The fourth-order valence-electron chi connectivity index (χ4n) is 2.57. The van der Waals surface area contributed by atoms with Gasteiger partial charge in [-0.2, -0.15) is 0 Å². The van der Waals surface area contributed by atoms with Gasteiger partial charge in [-0.3, -0.25) is 4.79 Å². The maximum atomic E-state index is 13.1. The third-order valence-corrected chi connectivity index (χ3v) is 4.69. The Morgan fingerprint density at radius 2 is 1.75 bits per heavy atom. The van der Waals surface area contributed by atoms with Gasteiger partial charge in [-0.05, 0) is 42.3 Å². The van der Waals surface area contributed by atoms with E-state index in [1.807, 2.05) is 6.07 Å². The number of likely N-dealkylation sites (N-methyl/N-ethyl adjacent to an activating group) is 1. The summed E-state index contributed by atoms with van der Waals surface area (Å²) in [6, 6.07) is 11.6. The molecule has 6 heteroatoms. The van der Waals surface area contributed by atoms with Crippen molar-refractivity contribution in [3.63, 3.8) is 0 Å². The van der Waals surface area contributed by atoms with Crippen LogP contribution in [0.4, 0.5) is 4.39 Å². The normalized spacial score (nSPS) is 12.0. The molecule has 0 radical (unpaired) electrons. The second kappa shape index (κ2) is 8.74. The summed E-state index contributed by atoms with van der Waals surface area (Å²) in [5, 5.41) is 9.30. The standard InChI is InChI=1S/C18H18Br2FNO2/c1-22(18(24)14-8-15(19)10-16(20)9-14)11-13(6-7-23)12-2-4-17(21)5-3-12/h2-5,8-10,13,23H,6-7,11H2,1H3/t13-/m1/s1. The molecule has 0 aliphatic heterocycles. The summed E-state index contributed by atoms with van der Waals surface area (Å²) in [7, 11) is 1.73. The summed E-state index contributed by atoms with van der Waals surface area (Å²) in [5.74, 6) is -0.466. The van der Waals surface area contributed by atoms with Crippen molar-refractivity contribution >= 4 is 37.8 Å². The number of benzene rings is 2. The van der Waals surface area contributed by atoms with Crippen LogP contribution in [0.25, 0.3) is 0 Å². The van der Waals surface area contributed by atoms with Crippen LogP contribution in [0.3, 0.4) is 0 Å². The molecule has 1 atom stereocenters. The lowest BCUT2D eigenvalue weighted by Gasteiger charge is -2.24. The van der Waals surface area contributed by atoms with Gasteiger partial charge in [0.25, 0.3) is 5.91 Å². The Balaban J connectivity index is 2.16. The minimum absolute atomic E-state index is 0.00646. The molecule has 2 aromatic carbocycles. The molecule has 0 unspecified atom stereocenters. The van der Waals surface area contributed by atoms with Crippen molar-refractivity contribution in [3.8, 4) is 0 Å². The first-order chi connectivity index (χ1) is 11.4. The second-order valence-electron chi connectivity index (χ2n) is 5.60. The summed E-state index contributed by atoms with van der Waals surface area (Å²) < 4.78 is 14.7. The van der Waals surface area contributed by atoms with E-state index in [0.717, 1.165) is 14.5 Å².